The largest absolute Gasteiger partial charge is 0.431 e. The lowest BCUT2D eigenvalue weighted by Gasteiger charge is -2.01. The standard InChI is InChI=1S/C5H5F3N2O.C2H6.CH3I/c1-10-4(11)2-3(9-10)5(6,7)8;2*1-2/h2H2,1H3;1-2H3;1H3. The molecule has 1 rings (SSSR count). The zero-order valence-corrected chi connectivity index (χ0v) is 11.2. The SMILES string of the molecule is CC.CI.CN1N=C(C(F)(F)F)CC1=O. The predicted octanol–water partition coefficient (Wildman–Crippen LogP) is 2.84. The number of carbonyl (C=O) groups is 1. The van der Waals surface area contributed by atoms with E-state index < -0.39 is 24.2 Å². The van der Waals surface area contributed by atoms with Gasteiger partial charge >= 0.3 is 6.18 Å². The topological polar surface area (TPSA) is 32.7 Å². The van der Waals surface area contributed by atoms with Gasteiger partial charge in [0.1, 0.15) is 0 Å². The lowest BCUT2D eigenvalue weighted by atomic mass is 10.3. The van der Waals surface area contributed by atoms with Crippen molar-refractivity contribution < 1.29 is 18.0 Å². The molecule has 0 N–H and O–H groups in total. The maximum atomic E-state index is 11.8. The highest BCUT2D eigenvalue weighted by Crippen LogP contribution is 2.23. The molecule has 3 nitrogen and oxygen atoms in total. The summed E-state index contributed by atoms with van der Waals surface area (Å²) >= 11 is 2.15. The normalized spacial score (nSPS) is 14.8. The molecule has 0 aromatic heterocycles. The third kappa shape index (κ3) is 5.95. The van der Waals surface area contributed by atoms with Crippen LogP contribution in [0.3, 0.4) is 0 Å². The van der Waals surface area contributed by atoms with Crippen molar-refractivity contribution in [2.45, 2.75) is 26.4 Å². The molecule has 1 heterocycles. The molecule has 0 bridgehead atoms. The smallest absolute Gasteiger partial charge is 0.273 e. The van der Waals surface area contributed by atoms with Gasteiger partial charge in [0.15, 0.2) is 5.71 Å². The Labute approximate surface area is 101 Å². The molecule has 0 unspecified atom stereocenters. The summed E-state index contributed by atoms with van der Waals surface area (Å²) in [6, 6.07) is 0. The molecule has 0 radical (unpaired) electrons. The first-order valence-electron chi connectivity index (χ1n) is 4.20. The molecule has 90 valence electrons. The van der Waals surface area contributed by atoms with Gasteiger partial charge in [-0.05, 0) is 4.93 Å². The molecular formula is C8H14F3IN2O. The lowest BCUT2D eigenvalue weighted by Crippen LogP contribution is -2.21. The van der Waals surface area contributed by atoms with Crippen molar-refractivity contribution in [2.75, 3.05) is 12.0 Å². The fourth-order valence-corrected chi connectivity index (χ4v) is 0.687. The highest BCUT2D eigenvalue weighted by molar-refractivity contribution is 14.1. The fourth-order valence-electron chi connectivity index (χ4n) is 0.687. The molecule has 1 aliphatic heterocycles. The summed E-state index contributed by atoms with van der Waals surface area (Å²) in [4.78, 5) is 12.5. The molecule has 0 saturated carbocycles. The maximum Gasteiger partial charge on any atom is 0.431 e. The average Bonchev–Trinajstić information content (AvgIpc) is 2.53. The Bertz CT molecular complexity index is 228. The third-order valence-electron chi connectivity index (χ3n) is 1.28. The molecule has 0 aromatic carbocycles. The molecule has 0 spiro atoms. The third-order valence-corrected chi connectivity index (χ3v) is 1.28. The van der Waals surface area contributed by atoms with Crippen LogP contribution in [0, 0.1) is 0 Å². The van der Waals surface area contributed by atoms with Crippen molar-refractivity contribution in [2.24, 2.45) is 5.10 Å². The van der Waals surface area contributed by atoms with E-state index in [1.165, 1.54) is 7.05 Å². The minimum atomic E-state index is -4.47. The summed E-state index contributed by atoms with van der Waals surface area (Å²) in [7, 11) is 1.20. The van der Waals surface area contributed by atoms with E-state index in [4.69, 9.17) is 0 Å². The highest BCUT2D eigenvalue weighted by atomic mass is 127. The van der Waals surface area contributed by atoms with E-state index in [9.17, 15) is 18.0 Å². The van der Waals surface area contributed by atoms with Crippen molar-refractivity contribution in [3.8, 4) is 0 Å². The number of hydrogen-bond donors (Lipinski definition) is 0. The number of amides is 1. The zero-order valence-electron chi connectivity index (χ0n) is 9.02. The monoisotopic (exact) mass is 338 g/mol. The van der Waals surface area contributed by atoms with Gasteiger partial charge in [-0.15, -0.1) is 0 Å². The van der Waals surface area contributed by atoms with Gasteiger partial charge in [-0.2, -0.15) is 18.3 Å². The van der Waals surface area contributed by atoms with Crippen LogP contribution in [0.4, 0.5) is 13.2 Å². The summed E-state index contributed by atoms with van der Waals surface area (Å²) in [5.74, 6) is -0.627. The van der Waals surface area contributed by atoms with Gasteiger partial charge in [0.25, 0.3) is 0 Å². The molecule has 0 aromatic rings. The van der Waals surface area contributed by atoms with E-state index in [1.807, 2.05) is 18.8 Å². The summed E-state index contributed by atoms with van der Waals surface area (Å²) in [5.41, 5.74) is -1.02. The second-order valence-electron chi connectivity index (χ2n) is 2.14. The van der Waals surface area contributed by atoms with Crippen LogP contribution in [0.1, 0.15) is 20.3 Å². The van der Waals surface area contributed by atoms with Gasteiger partial charge in [-0.3, -0.25) is 4.79 Å². The number of halogens is 4. The van der Waals surface area contributed by atoms with Crippen LogP contribution in [0.5, 0.6) is 0 Å². The Morgan fingerprint density at radius 1 is 1.33 bits per heavy atom. The second-order valence-corrected chi connectivity index (χ2v) is 2.14. The minimum Gasteiger partial charge on any atom is -0.273 e. The van der Waals surface area contributed by atoms with Gasteiger partial charge < -0.3 is 0 Å². The predicted molar refractivity (Wildman–Crippen MR) is 62.2 cm³/mol. The Hall–Kier alpha value is -0.340. The molecule has 0 saturated heterocycles. The van der Waals surface area contributed by atoms with Gasteiger partial charge in [0.2, 0.25) is 5.91 Å². The van der Waals surface area contributed by atoms with Gasteiger partial charge in [-0.25, -0.2) is 5.01 Å². The van der Waals surface area contributed by atoms with Crippen LogP contribution in [-0.4, -0.2) is 34.8 Å². The number of carbonyl (C=O) groups excluding carboxylic acids is 1. The second kappa shape index (κ2) is 7.89. The quantitative estimate of drug-likeness (QED) is 0.494. The van der Waals surface area contributed by atoms with Crippen LogP contribution >= 0.6 is 22.6 Å². The average molecular weight is 338 g/mol. The van der Waals surface area contributed by atoms with Gasteiger partial charge in [0.05, 0.1) is 6.42 Å². The summed E-state index contributed by atoms with van der Waals surface area (Å²) in [6.07, 6.45) is -5.11. The molecule has 0 atom stereocenters. The molecule has 15 heavy (non-hydrogen) atoms. The number of hydrazone groups is 1. The molecule has 0 aliphatic carbocycles. The summed E-state index contributed by atoms with van der Waals surface area (Å²) in [6.45, 7) is 4.00. The van der Waals surface area contributed by atoms with E-state index >= 15 is 0 Å². The Morgan fingerprint density at radius 3 is 1.87 bits per heavy atom. The highest BCUT2D eigenvalue weighted by Gasteiger charge is 2.41. The van der Waals surface area contributed by atoms with E-state index in [1.54, 1.807) is 0 Å². The number of alkyl halides is 4. The van der Waals surface area contributed by atoms with Crippen LogP contribution in [0.2, 0.25) is 0 Å². The molecule has 1 aliphatic rings. The molecule has 7 heteroatoms. The van der Waals surface area contributed by atoms with Crippen LogP contribution in [-0.2, 0) is 4.79 Å². The Balaban J connectivity index is 0. The van der Waals surface area contributed by atoms with Crippen molar-refractivity contribution in [1.29, 1.82) is 0 Å². The number of hydrogen-bond acceptors (Lipinski definition) is 2. The Morgan fingerprint density at radius 2 is 1.73 bits per heavy atom. The minimum absolute atomic E-state index is 0.627. The maximum absolute atomic E-state index is 11.8. The fraction of sp³-hybridized carbons (Fsp3) is 0.750. The van der Waals surface area contributed by atoms with Crippen LogP contribution in [0.15, 0.2) is 5.10 Å². The summed E-state index contributed by atoms with van der Waals surface area (Å²) < 4.78 is 35.4. The molecule has 0 fully saturated rings. The number of rotatable bonds is 0. The first kappa shape index (κ1) is 17.1. The molecular weight excluding hydrogens is 324 g/mol. The Kier molecular flexibility index (Phi) is 8.98. The van der Waals surface area contributed by atoms with Crippen LogP contribution in [0.25, 0.3) is 0 Å². The van der Waals surface area contributed by atoms with Crippen molar-refractivity contribution >= 4 is 34.2 Å². The first-order valence-corrected chi connectivity index (χ1v) is 6.36. The first-order chi connectivity index (χ1) is 6.91. The van der Waals surface area contributed by atoms with Gasteiger partial charge in [0, 0.05) is 7.05 Å². The lowest BCUT2D eigenvalue weighted by molar-refractivity contribution is -0.127. The van der Waals surface area contributed by atoms with E-state index in [0.717, 1.165) is 0 Å². The van der Waals surface area contributed by atoms with Crippen molar-refractivity contribution in [1.82, 2.24) is 5.01 Å². The van der Waals surface area contributed by atoms with Gasteiger partial charge in [-0.1, -0.05) is 36.4 Å². The van der Waals surface area contributed by atoms with E-state index in [0.29, 0.717) is 5.01 Å². The van der Waals surface area contributed by atoms with E-state index in [2.05, 4.69) is 27.7 Å². The summed E-state index contributed by atoms with van der Waals surface area (Å²) in [5, 5.41) is 3.71. The molecule has 1 amide bonds. The zero-order chi connectivity index (χ0) is 12.6. The van der Waals surface area contributed by atoms with Crippen LogP contribution < -0.4 is 0 Å². The number of nitrogens with zero attached hydrogens (tertiary/aromatic N) is 2. The van der Waals surface area contributed by atoms with Crippen molar-refractivity contribution in [3.05, 3.63) is 0 Å². The van der Waals surface area contributed by atoms with Crippen molar-refractivity contribution in [3.63, 3.8) is 0 Å². The van der Waals surface area contributed by atoms with E-state index in [-0.39, 0.29) is 0 Å².